The Balaban J connectivity index is 1.49. The highest BCUT2D eigenvalue weighted by atomic mass is 16.2. The first-order valence-electron chi connectivity index (χ1n) is 10.7. The fourth-order valence-electron chi connectivity index (χ4n) is 4.54. The number of rotatable bonds is 5. The molecule has 1 unspecified atom stereocenters. The van der Waals surface area contributed by atoms with E-state index in [4.69, 9.17) is 0 Å². The molecule has 152 valence electrons. The Morgan fingerprint density at radius 3 is 2.52 bits per heavy atom. The average molecular weight is 392 g/mol. The van der Waals surface area contributed by atoms with Crippen molar-refractivity contribution in [2.75, 3.05) is 40.9 Å². The van der Waals surface area contributed by atoms with E-state index in [1.165, 1.54) is 5.56 Å². The smallest absolute Gasteiger partial charge is 0.232 e. The fourth-order valence-corrected chi connectivity index (χ4v) is 4.54. The van der Waals surface area contributed by atoms with Crippen LogP contribution < -0.4 is 14.7 Å². The van der Waals surface area contributed by atoms with E-state index in [1.54, 1.807) is 4.90 Å². The Labute approximate surface area is 172 Å². The third-order valence-corrected chi connectivity index (χ3v) is 6.14. The molecule has 2 amide bonds. The van der Waals surface area contributed by atoms with E-state index >= 15 is 0 Å². The van der Waals surface area contributed by atoms with Crippen molar-refractivity contribution in [1.82, 2.24) is 0 Å². The summed E-state index contributed by atoms with van der Waals surface area (Å²) < 4.78 is 0. The standard InChI is InChI=1S/C24H29N3O2/c1-3-25(4-2)20-11-13-21(14-12-20)27-17-19(16-23(27)28)24(29)26-15-7-9-18-8-5-6-10-22(18)26/h5-6,8,10-14,19H,3-4,7,9,15-17H2,1-2H3. The van der Waals surface area contributed by atoms with E-state index < -0.39 is 0 Å². The van der Waals surface area contributed by atoms with E-state index in [-0.39, 0.29) is 24.2 Å². The normalized spacial score (nSPS) is 18.7. The molecular weight excluding hydrogens is 362 g/mol. The number of para-hydroxylation sites is 1. The number of anilines is 3. The number of fused-ring (bicyclic) bond motifs is 1. The number of nitrogens with zero attached hydrogens (tertiary/aromatic N) is 3. The van der Waals surface area contributed by atoms with E-state index in [2.05, 4.69) is 36.9 Å². The highest BCUT2D eigenvalue weighted by Gasteiger charge is 2.38. The van der Waals surface area contributed by atoms with Gasteiger partial charge in [0.15, 0.2) is 0 Å². The van der Waals surface area contributed by atoms with Crippen LogP contribution in [0.25, 0.3) is 0 Å². The summed E-state index contributed by atoms with van der Waals surface area (Å²) in [5.74, 6) is -0.173. The van der Waals surface area contributed by atoms with Gasteiger partial charge in [-0.15, -0.1) is 0 Å². The van der Waals surface area contributed by atoms with Crippen LogP contribution in [0.2, 0.25) is 0 Å². The average Bonchev–Trinajstić information content (AvgIpc) is 3.16. The van der Waals surface area contributed by atoms with Crippen molar-refractivity contribution in [3.63, 3.8) is 0 Å². The predicted octanol–water partition coefficient (Wildman–Crippen LogP) is 3.87. The first kappa shape index (κ1) is 19.5. The van der Waals surface area contributed by atoms with Gasteiger partial charge >= 0.3 is 0 Å². The lowest BCUT2D eigenvalue weighted by Gasteiger charge is -2.31. The van der Waals surface area contributed by atoms with E-state index in [9.17, 15) is 9.59 Å². The van der Waals surface area contributed by atoms with Crippen LogP contribution in [-0.2, 0) is 16.0 Å². The van der Waals surface area contributed by atoms with Crippen LogP contribution in [0.15, 0.2) is 48.5 Å². The highest BCUT2D eigenvalue weighted by Crippen LogP contribution is 2.32. The predicted molar refractivity (Wildman–Crippen MR) is 118 cm³/mol. The number of aryl methyl sites for hydroxylation is 1. The lowest BCUT2D eigenvalue weighted by Crippen LogP contribution is -2.40. The Morgan fingerprint density at radius 2 is 1.79 bits per heavy atom. The van der Waals surface area contributed by atoms with Crippen LogP contribution in [0.4, 0.5) is 17.1 Å². The summed E-state index contributed by atoms with van der Waals surface area (Å²) in [6.45, 7) is 7.37. The van der Waals surface area contributed by atoms with Crippen molar-refractivity contribution in [3.05, 3.63) is 54.1 Å². The third-order valence-electron chi connectivity index (χ3n) is 6.14. The van der Waals surface area contributed by atoms with Crippen LogP contribution >= 0.6 is 0 Å². The molecule has 2 aromatic rings. The molecule has 0 radical (unpaired) electrons. The fraction of sp³-hybridized carbons (Fsp3) is 0.417. The second-order valence-corrected chi connectivity index (χ2v) is 7.82. The number of amides is 2. The molecule has 0 spiro atoms. The molecule has 2 aliphatic heterocycles. The van der Waals surface area contributed by atoms with Crippen LogP contribution in [0.3, 0.4) is 0 Å². The first-order valence-corrected chi connectivity index (χ1v) is 10.7. The number of hydrogen-bond acceptors (Lipinski definition) is 3. The SMILES string of the molecule is CCN(CC)c1ccc(N2CC(C(=O)N3CCCc4ccccc43)CC2=O)cc1. The zero-order chi connectivity index (χ0) is 20.4. The molecule has 1 fully saturated rings. The summed E-state index contributed by atoms with van der Waals surface area (Å²) in [6.07, 6.45) is 2.27. The van der Waals surface area contributed by atoms with Crippen LogP contribution in [0.5, 0.6) is 0 Å². The molecule has 1 atom stereocenters. The van der Waals surface area contributed by atoms with Gasteiger partial charge in [0.25, 0.3) is 0 Å². The number of hydrogen-bond donors (Lipinski definition) is 0. The van der Waals surface area contributed by atoms with Gasteiger partial charge in [0.1, 0.15) is 0 Å². The first-order chi connectivity index (χ1) is 14.1. The lowest BCUT2D eigenvalue weighted by atomic mass is 9.99. The van der Waals surface area contributed by atoms with Crippen molar-refractivity contribution < 1.29 is 9.59 Å². The van der Waals surface area contributed by atoms with E-state index in [1.807, 2.05) is 35.2 Å². The minimum absolute atomic E-state index is 0.0317. The quantitative estimate of drug-likeness (QED) is 0.777. The molecule has 0 aromatic heterocycles. The molecule has 2 heterocycles. The molecule has 0 aliphatic carbocycles. The number of carbonyl (C=O) groups excluding carboxylic acids is 2. The summed E-state index contributed by atoms with van der Waals surface area (Å²) in [7, 11) is 0. The molecule has 1 saturated heterocycles. The summed E-state index contributed by atoms with van der Waals surface area (Å²) in [6, 6.07) is 16.2. The van der Waals surface area contributed by atoms with Gasteiger partial charge < -0.3 is 14.7 Å². The molecule has 0 bridgehead atoms. The van der Waals surface area contributed by atoms with Crippen LogP contribution in [0.1, 0.15) is 32.3 Å². The molecular formula is C24H29N3O2. The van der Waals surface area contributed by atoms with Crippen LogP contribution in [0, 0.1) is 5.92 Å². The van der Waals surface area contributed by atoms with Crippen molar-refractivity contribution in [3.8, 4) is 0 Å². The lowest BCUT2D eigenvalue weighted by molar-refractivity contribution is -0.124. The van der Waals surface area contributed by atoms with Gasteiger partial charge in [0.2, 0.25) is 11.8 Å². The third kappa shape index (κ3) is 3.74. The molecule has 29 heavy (non-hydrogen) atoms. The van der Waals surface area contributed by atoms with Gasteiger partial charge in [0.05, 0.1) is 5.92 Å². The summed E-state index contributed by atoms with van der Waals surface area (Å²) in [5.41, 5.74) is 4.27. The second-order valence-electron chi connectivity index (χ2n) is 7.82. The number of carbonyl (C=O) groups is 2. The van der Waals surface area contributed by atoms with Gasteiger partial charge in [-0.25, -0.2) is 0 Å². The van der Waals surface area contributed by atoms with Crippen LogP contribution in [-0.4, -0.2) is 38.0 Å². The van der Waals surface area contributed by atoms with Crippen molar-refractivity contribution in [2.24, 2.45) is 5.92 Å². The zero-order valence-corrected chi connectivity index (χ0v) is 17.3. The minimum atomic E-state index is -0.281. The second kappa shape index (κ2) is 8.27. The van der Waals surface area contributed by atoms with Crippen molar-refractivity contribution >= 4 is 28.9 Å². The van der Waals surface area contributed by atoms with Crippen molar-refractivity contribution in [2.45, 2.75) is 33.1 Å². The molecule has 0 N–H and O–H groups in total. The largest absolute Gasteiger partial charge is 0.372 e. The minimum Gasteiger partial charge on any atom is -0.372 e. The summed E-state index contributed by atoms with van der Waals surface area (Å²) >= 11 is 0. The Bertz CT molecular complexity index is 889. The Morgan fingerprint density at radius 1 is 1.07 bits per heavy atom. The molecule has 4 rings (SSSR count). The van der Waals surface area contributed by atoms with Gasteiger partial charge in [-0.05, 0) is 62.6 Å². The zero-order valence-electron chi connectivity index (χ0n) is 17.3. The molecule has 2 aliphatic rings. The van der Waals surface area contributed by atoms with Crippen molar-refractivity contribution in [1.29, 1.82) is 0 Å². The molecule has 5 heteroatoms. The highest BCUT2D eigenvalue weighted by molar-refractivity contribution is 6.04. The van der Waals surface area contributed by atoms with E-state index in [0.717, 1.165) is 49.5 Å². The van der Waals surface area contributed by atoms with E-state index in [0.29, 0.717) is 6.54 Å². The number of benzene rings is 2. The maximum Gasteiger partial charge on any atom is 0.232 e. The molecule has 0 saturated carbocycles. The maximum atomic E-state index is 13.2. The monoisotopic (exact) mass is 391 g/mol. The topological polar surface area (TPSA) is 43.9 Å². The van der Waals surface area contributed by atoms with Gasteiger partial charge in [0, 0.05) is 49.7 Å². The van der Waals surface area contributed by atoms with Gasteiger partial charge in [-0.3, -0.25) is 9.59 Å². The maximum absolute atomic E-state index is 13.2. The Kier molecular flexibility index (Phi) is 5.56. The molecule has 2 aromatic carbocycles. The Hall–Kier alpha value is -2.82. The summed E-state index contributed by atoms with van der Waals surface area (Å²) in [4.78, 5) is 31.9. The van der Waals surface area contributed by atoms with Gasteiger partial charge in [-0.2, -0.15) is 0 Å². The molecule has 5 nitrogen and oxygen atoms in total. The summed E-state index contributed by atoms with van der Waals surface area (Å²) in [5, 5.41) is 0. The van der Waals surface area contributed by atoms with Gasteiger partial charge in [-0.1, -0.05) is 18.2 Å².